The molecular weight excluding hydrogens is 306 g/mol. The normalized spacial score (nSPS) is 10.4. The predicted octanol–water partition coefficient (Wildman–Crippen LogP) is 3.80. The van der Waals surface area contributed by atoms with Crippen LogP contribution >= 0.6 is 23.4 Å². The Morgan fingerprint density at radius 1 is 1.24 bits per heavy atom. The first kappa shape index (κ1) is 15.7. The standard InChI is InChI=1S/C16H16ClNO2S/c1-18(10-12-4-2-5-13(17)8-12)16(20)11-21-15-7-3-6-14(19)9-15/h2-9,19H,10-11H2,1H3. The summed E-state index contributed by atoms with van der Waals surface area (Å²) in [5.41, 5.74) is 1.00. The Bertz CT molecular complexity index is 633. The highest BCUT2D eigenvalue weighted by Crippen LogP contribution is 2.22. The lowest BCUT2D eigenvalue weighted by atomic mass is 10.2. The largest absolute Gasteiger partial charge is 0.508 e. The van der Waals surface area contributed by atoms with Gasteiger partial charge in [-0.25, -0.2) is 0 Å². The fraction of sp³-hybridized carbons (Fsp3) is 0.188. The molecule has 0 aromatic heterocycles. The minimum Gasteiger partial charge on any atom is -0.508 e. The number of phenols is 1. The van der Waals surface area contributed by atoms with Crippen molar-refractivity contribution in [2.75, 3.05) is 12.8 Å². The van der Waals surface area contributed by atoms with Crippen LogP contribution in [0.25, 0.3) is 0 Å². The zero-order valence-corrected chi connectivity index (χ0v) is 13.2. The van der Waals surface area contributed by atoms with Gasteiger partial charge in [0.25, 0.3) is 0 Å². The predicted molar refractivity (Wildman–Crippen MR) is 86.8 cm³/mol. The molecule has 0 atom stereocenters. The summed E-state index contributed by atoms with van der Waals surface area (Å²) in [6, 6.07) is 14.4. The first-order valence-corrected chi connectivity index (χ1v) is 7.81. The first-order chi connectivity index (χ1) is 10.0. The third-order valence-electron chi connectivity index (χ3n) is 2.91. The summed E-state index contributed by atoms with van der Waals surface area (Å²) in [5, 5.41) is 10.1. The highest BCUT2D eigenvalue weighted by atomic mass is 35.5. The van der Waals surface area contributed by atoms with Crippen LogP contribution in [0, 0.1) is 0 Å². The summed E-state index contributed by atoms with van der Waals surface area (Å²) >= 11 is 7.34. The molecule has 2 aromatic rings. The van der Waals surface area contributed by atoms with Crippen molar-refractivity contribution < 1.29 is 9.90 Å². The fourth-order valence-corrected chi connectivity index (χ4v) is 2.93. The van der Waals surface area contributed by atoms with E-state index in [1.165, 1.54) is 11.8 Å². The molecule has 0 aliphatic heterocycles. The maximum Gasteiger partial charge on any atom is 0.232 e. The van der Waals surface area contributed by atoms with E-state index >= 15 is 0 Å². The van der Waals surface area contributed by atoms with Crippen LogP contribution < -0.4 is 0 Å². The molecule has 0 saturated carbocycles. The van der Waals surface area contributed by atoms with E-state index in [0.29, 0.717) is 17.3 Å². The van der Waals surface area contributed by atoms with E-state index in [0.717, 1.165) is 10.5 Å². The van der Waals surface area contributed by atoms with Gasteiger partial charge in [-0.15, -0.1) is 11.8 Å². The van der Waals surface area contributed by atoms with Crippen molar-refractivity contribution in [1.82, 2.24) is 4.90 Å². The lowest BCUT2D eigenvalue weighted by Crippen LogP contribution is -2.27. The van der Waals surface area contributed by atoms with Crippen LogP contribution in [-0.4, -0.2) is 28.7 Å². The summed E-state index contributed by atoms with van der Waals surface area (Å²) in [7, 11) is 1.77. The van der Waals surface area contributed by atoms with Gasteiger partial charge in [-0.1, -0.05) is 29.8 Å². The molecule has 2 aromatic carbocycles. The number of halogens is 1. The number of hydrogen-bond acceptors (Lipinski definition) is 3. The summed E-state index contributed by atoms with van der Waals surface area (Å²) in [6.07, 6.45) is 0. The van der Waals surface area contributed by atoms with Gasteiger partial charge in [-0.2, -0.15) is 0 Å². The number of phenolic OH excluding ortho intramolecular Hbond substituents is 1. The molecule has 0 saturated heterocycles. The lowest BCUT2D eigenvalue weighted by molar-refractivity contribution is -0.127. The Morgan fingerprint density at radius 2 is 2.00 bits per heavy atom. The molecule has 1 amide bonds. The second-order valence-electron chi connectivity index (χ2n) is 4.67. The monoisotopic (exact) mass is 321 g/mol. The van der Waals surface area contributed by atoms with Gasteiger partial charge in [0.15, 0.2) is 0 Å². The number of carbonyl (C=O) groups is 1. The fourth-order valence-electron chi connectivity index (χ4n) is 1.83. The van der Waals surface area contributed by atoms with Crippen LogP contribution in [0.5, 0.6) is 5.75 Å². The Labute approximate surface area is 133 Å². The molecule has 0 aliphatic rings. The van der Waals surface area contributed by atoms with E-state index in [2.05, 4.69) is 0 Å². The van der Waals surface area contributed by atoms with Crippen molar-refractivity contribution in [1.29, 1.82) is 0 Å². The number of carbonyl (C=O) groups excluding carboxylic acids is 1. The number of thioether (sulfide) groups is 1. The SMILES string of the molecule is CN(Cc1cccc(Cl)c1)C(=O)CSc1cccc(O)c1. The van der Waals surface area contributed by atoms with Crippen LogP contribution in [0.4, 0.5) is 0 Å². The van der Waals surface area contributed by atoms with Crippen LogP contribution in [-0.2, 0) is 11.3 Å². The van der Waals surface area contributed by atoms with Crippen molar-refractivity contribution in [2.24, 2.45) is 0 Å². The van der Waals surface area contributed by atoms with Crippen LogP contribution in [0.3, 0.4) is 0 Å². The highest BCUT2D eigenvalue weighted by Gasteiger charge is 2.10. The molecule has 110 valence electrons. The van der Waals surface area contributed by atoms with E-state index in [1.54, 1.807) is 30.1 Å². The van der Waals surface area contributed by atoms with E-state index < -0.39 is 0 Å². The number of benzene rings is 2. The molecule has 0 radical (unpaired) electrons. The molecule has 21 heavy (non-hydrogen) atoms. The highest BCUT2D eigenvalue weighted by molar-refractivity contribution is 8.00. The third-order valence-corrected chi connectivity index (χ3v) is 4.13. The van der Waals surface area contributed by atoms with Crippen molar-refractivity contribution in [2.45, 2.75) is 11.4 Å². The maximum atomic E-state index is 12.1. The topological polar surface area (TPSA) is 40.5 Å². The Balaban J connectivity index is 1.88. The summed E-state index contributed by atoms with van der Waals surface area (Å²) in [5.74, 6) is 0.573. The average molecular weight is 322 g/mol. The number of hydrogen-bond donors (Lipinski definition) is 1. The molecule has 2 rings (SSSR count). The molecule has 3 nitrogen and oxygen atoms in total. The Kier molecular flexibility index (Phi) is 5.53. The number of aromatic hydroxyl groups is 1. The van der Waals surface area contributed by atoms with Crippen LogP contribution in [0.2, 0.25) is 5.02 Å². The second-order valence-corrected chi connectivity index (χ2v) is 6.15. The smallest absolute Gasteiger partial charge is 0.232 e. The number of amides is 1. The summed E-state index contributed by atoms with van der Waals surface area (Å²) in [6.45, 7) is 0.528. The van der Waals surface area contributed by atoms with Gasteiger partial charge in [0, 0.05) is 23.5 Å². The van der Waals surface area contributed by atoms with E-state index in [1.807, 2.05) is 30.3 Å². The van der Waals surface area contributed by atoms with Gasteiger partial charge >= 0.3 is 0 Å². The average Bonchev–Trinajstić information content (AvgIpc) is 2.45. The molecule has 0 unspecified atom stereocenters. The minimum absolute atomic E-state index is 0.0309. The lowest BCUT2D eigenvalue weighted by Gasteiger charge is -2.17. The molecule has 0 heterocycles. The summed E-state index contributed by atoms with van der Waals surface area (Å²) < 4.78 is 0. The zero-order chi connectivity index (χ0) is 15.2. The molecule has 5 heteroatoms. The van der Waals surface area contributed by atoms with Gasteiger partial charge in [-0.05, 0) is 35.9 Å². The molecule has 0 fully saturated rings. The molecule has 0 bridgehead atoms. The van der Waals surface area contributed by atoms with Gasteiger partial charge in [0.1, 0.15) is 5.75 Å². The quantitative estimate of drug-likeness (QED) is 0.852. The van der Waals surface area contributed by atoms with Crippen molar-refractivity contribution in [3.8, 4) is 5.75 Å². The molecule has 0 aliphatic carbocycles. The number of nitrogens with zero attached hydrogens (tertiary/aromatic N) is 1. The Morgan fingerprint density at radius 3 is 2.71 bits per heavy atom. The first-order valence-electron chi connectivity index (χ1n) is 6.45. The molecular formula is C16H16ClNO2S. The van der Waals surface area contributed by atoms with Crippen LogP contribution in [0.15, 0.2) is 53.4 Å². The van der Waals surface area contributed by atoms with Crippen LogP contribution in [0.1, 0.15) is 5.56 Å². The molecule has 1 N–H and O–H groups in total. The van der Waals surface area contributed by atoms with Crippen molar-refractivity contribution in [3.63, 3.8) is 0 Å². The second kappa shape index (κ2) is 7.38. The molecule has 0 spiro atoms. The van der Waals surface area contributed by atoms with Crippen molar-refractivity contribution >= 4 is 29.3 Å². The van der Waals surface area contributed by atoms with Gasteiger partial charge in [0.05, 0.1) is 5.75 Å². The van der Waals surface area contributed by atoms with Gasteiger partial charge < -0.3 is 10.0 Å². The third kappa shape index (κ3) is 4.99. The van der Waals surface area contributed by atoms with E-state index in [4.69, 9.17) is 11.6 Å². The van der Waals surface area contributed by atoms with E-state index in [-0.39, 0.29) is 11.7 Å². The summed E-state index contributed by atoms with van der Waals surface area (Å²) in [4.78, 5) is 14.6. The van der Waals surface area contributed by atoms with E-state index in [9.17, 15) is 9.90 Å². The zero-order valence-electron chi connectivity index (χ0n) is 11.6. The number of rotatable bonds is 5. The van der Waals surface area contributed by atoms with Crippen molar-refractivity contribution in [3.05, 3.63) is 59.1 Å². The minimum atomic E-state index is 0.0309. The van der Waals surface area contributed by atoms with Gasteiger partial charge in [0.2, 0.25) is 5.91 Å². The van der Waals surface area contributed by atoms with Gasteiger partial charge in [-0.3, -0.25) is 4.79 Å². The Hall–Kier alpha value is -1.65. The maximum absolute atomic E-state index is 12.1.